The minimum atomic E-state index is 0.999. The molecule has 3 rings (SSSR count). The molecule has 2 aromatic heterocycles. The quantitative estimate of drug-likeness (QED) is 0.781. The van der Waals surface area contributed by atoms with Crippen molar-refractivity contribution in [2.24, 2.45) is 0 Å². The summed E-state index contributed by atoms with van der Waals surface area (Å²) in [6.45, 7) is 4.17. The second-order valence-corrected chi connectivity index (χ2v) is 4.42. The van der Waals surface area contributed by atoms with Crippen molar-refractivity contribution in [2.45, 2.75) is 0 Å². The third-order valence-electron chi connectivity index (χ3n) is 2.62. The van der Waals surface area contributed by atoms with E-state index in [9.17, 15) is 0 Å². The molecule has 0 unspecified atom stereocenters. The number of nitrogens with one attached hydrogen (secondary N) is 1. The molecule has 1 aliphatic rings. The number of piperazine rings is 1. The van der Waals surface area contributed by atoms with Crippen LogP contribution in [0.4, 0.5) is 5.82 Å². The van der Waals surface area contributed by atoms with Crippen molar-refractivity contribution in [2.75, 3.05) is 31.1 Å². The molecular weight excluding hydrogens is 208 g/mol. The Kier molecular flexibility index (Phi) is 2.26. The van der Waals surface area contributed by atoms with Crippen LogP contribution in [0.3, 0.4) is 0 Å². The Hall–Kier alpha value is -1.20. The summed E-state index contributed by atoms with van der Waals surface area (Å²) in [5, 5.41) is 3.34. The minimum Gasteiger partial charge on any atom is -0.354 e. The number of nitrogens with zero attached hydrogens (tertiary/aromatic N) is 3. The van der Waals surface area contributed by atoms with Crippen molar-refractivity contribution in [3.05, 3.63) is 17.6 Å². The predicted molar refractivity (Wildman–Crippen MR) is 62.5 cm³/mol. The van der Waals surface area contributed by atoms with Gasteiger partial charge < -0.3 is 10.2 Å². The maximum absolute atomic E-state index is 4.61. The lowest BCUT2D eigenvalue weighted by atomic mass is 10.3. The molecular formula is C10H12N4S. The second-order valence-electron chi connectivity index (χ2n) is 3.58. The standard InChI is InChI=1S/C10H12N4S/c1-2-9(14-5-3-11-4-6-14)13-10-8(1)12-7-15-10/h1-2,7,11H,3-6H2. The number of hydrogen-bond acceptors (Lipinski definition) is 5. The van der Waals surface area contributed by atoms with Crippen LogP contribution in [0, 0.1) is 0 Å². The molecule has 0 spiro atoms. The summed E-state index contributed by atoms with van der Waals surface area (Å²) in [4.78, 5) is 12.2. The Balaban J connectivity index is 1.95. The Morgan fingerprint density at radius 1 is 1.27 bits per heavy atom. The SMILES string of the molecule is c1nc2ccc(N3CCNCC3)nc2s1. The van der Waals surface area contributed by atoms with E-state index in [4.69, 9.17) is 0 Å². The summed E-state index contributed by atoms with van der Waals surface area (Å²) in [6, 6.07) is 4.11. The first kappa shape index (κ1) is 9.06. The zero-order valence-corrected chi connectivity index (χ0v) is 9.13. The van der Waals surface area contributed by atoms with Gasteiger partial charge in [-0.15, -0.1) is 11.3 Å². The highest BCUT2D eigenvalue weighted by atomic mass is 32.1. The molecule has 4 nitrogen and oxygen atoms in total. The van der Waals surface area contributed by atoms with Crippen LogP contribution in [-0.2, 0) is 0 Å². The van der Waals surface area contributed by atoms with Gasteiger partial charge in [0.2, 0.25) is 0 Å². The van der Waals surface area contributed by atoms with Gasteiger partial charge in [-0.2, -0.15) is 0 Å². The largest absolute Gasteiger partial charge is 0.354 e. The van der Waals surface area contributed by atoms with Gasteiger partial charge in [0, 0.05) is 26.2 Å². The lowest BCUT2D eigenvalue weighted by molar-refractivity contribution is 0.585. The lowest BCUT2D eigenvalue weighted by Gasteiger charge is -2.28. The van der Waals surface area contributed by atoms with Crippen LogP contribution in [0.5, 0.6) is 0 Å². The van der Waals surface area contributed by atoms with Crippen molar-refractivity contribution in [1.29, 1.82) is 0 Å². The first-order valence-corrected chi connectivity index (χ1v) is 5.97. The van der Waals surface area contributed by atoms with Crippen LogP contribution in [0.25, 0.3) is 10.3 Å². The van der Waals surface area contributed by atoms with Crippen LogP contribution >= 0.6 is 11.3 Å². The number of pyridine rings is 1. The van der Waals surface area contributed by atoms with Crippen molar-refractivity contribution in [3.63, 3.8) is 0 Å². The zero-order valence-electron chi connectivity index (χ0n) is 8.31. The first-order chi connectivity index (χ1) is 7.43. The summed E-state index contributed by atoms with van der Waals surface area (Å²) >= 11 is 1.60. The Labute approximate surface area is 92.0 Å². The van der Waals surface area contributed by atoms with Crippen LogP contribution in [0.15, 0.2) is 17.6 Å². The summed E-state index contributed by atoms with van der Waals surface area (Å²) < 4.78 is 0. The first-order valence-electron chi connectivity index (χ1n) is 5.09. The van der Waals surface area contributed by atoms with Gasteiger partial charge in [-0.3, -0.25) is 0 Å². The van der Waals surface area contributed by atoms with E-state index in [2.05, 4.69) is 32.3 Å². The second kappa shape index (κ2) is 3.75. The van der Waals surface area contributed by atoms with Gasteiger partial charge in [-0.1, -0.05) is 0 Å². The van der Waals surface area contributed by atoms with E-state index in [1.165, 1.54) is 0 Å². The molecule has 3 heterocycles. The maximum Gasteiger partial charge on any atom is 0.145 e. The van der Waals surface area contributed by atoms with Crippen LogP contribution in [-0.4, -0.2) is 36.1 Å². The summed E-state index contributed by atoms with van der Waals surface area (Å²) in [6.07, 6.45) is 0. The van der Waals surface area contributed by atoms with Crippen molar-refractivity contribution in [3.8, 4) is 0 Å². The monoisotopic (exact) mass is 220 g/mol. The topological polar surface area (TPSA) is 41.1 Å². The normalized spacial score (nSPS) is 17.2. The summed E-state index contributed by atoms with van der Waals surface area (Å²) in [5.41, 5.74) is 2.85. The molecule has 2 aromatic rings. The average Bonchev–Trinajstić information content (AvgIpc) is 2.77. The van der Waals surface area contributed by atoms with Gasteiger partial charge in [0.05, 0.1) is 5.51 Å². The van der Waals surface area contributed by atoms with E-state index >= 15 is 0 Å². The number of rotatable bonds is 1. The lowest BCUT2D eigenvalue weighted by Crippen LogP contribution is -2.43. The fourth-order valence-corrected chi connectivity index (χ4v) is 2.47. The third-order valence-corrected chi connectivity index (χ3v) is 3.36. The molecule has 1 aliphatic heterocycles. The minimum absolute atomic E-state index is 0.999. The highest BCUT2D eigenvalue weighted by Gasteiger charge is 2.12. The smallest absolute Gasteiger partial charge is 0.145 e. The molecule has 0 radical (unpaired) electrons. The van der Waals surface area contributed by atoms with Gasteiger partial charge in [-0.05, 0) is 12.1 Å². The van der Waals surface area contributed by atoms with Crippen LogP contribution in [0.2, 0.25) is 0 Å². The van der Waals surface area contributed by atoms with Crippen molar-refractivity contribution >= 4 is 27.5 Å². The molecule has 1 N–H and O–H groups in total. The van der Waals surface area contributed by atoms with E-state index < -0.39 is 0 Å². The van der Waals surface area contributed by atoms with Gasteiger partial charge in [0.25, 0.3) is 0 Å². The maximum atomic E-state index is 4.61. The molecule has 0 aromatic carbocycles. The van der Waals surface area contributed by atoms with Gasteiger partial charge in [-0.25, -0.2) is 9.97 Å². The molecule has 0 amide bonds. The van der Waals surface area contributed by atoms with Crippen LogP contribution in [0.1, 0.15) is 0 Å². The van der Waals surface area contributed by atoms with E-state index in [0.717, 1.165) is 42.3 Å². The molecule has 15 heavy (non-hydrogen) atoms. The molecule has 0 bridgehead atoms. The molecule has 0 atom stereocenters. The van der Waals surface area contributed by atoms with Gasteiger partial charge in [0.15, 0.2) is 0 Å². The number of hydrogen-bond donors (Lipinski definition) is 1. The molecule has 0 aliphatic carbocycles. The average molecular weight is 220 g/mol. The zero-order chi connectivity index (χ0) is 10.1. The summed E-state index contributed by atoms with van der Waals surface area (Å²) in [5.74, 6) is 1.08. The van der Waals surface area contributed by atoms with E-state index in [-0.39, 0.29) is 0 Å². The van der Waals surface area contributed by atoms with E-state index in [1.54, 1.807) is 11.3 Å². The summed E-state index contributed by atoms with van der Waals surface area (Å²) in [7, 11) is 0. The number of anilines is 1. The van der Waals surface area contributed by atoms with Crippen LogP contribution < -0.4 is 10.2 Å². The van der Waals surface area contributed by atoms with E-state index in [1.807, 2.05) is 5.51 Å². The fourth-order valence-electron chi connectivity index (χ4n) is 1.81. The van der Waals surface area contributed by atoms with Gasteiger partial charge >= 0.3 is 0 Å². The molecule has 1 saturated heterocycles. The van der Waals surface area contributed by atoms with Crippen molar-refractivity contribution < 1.29 is 0 Å². The Morgan fingerprint density at radius 3 is 3.00 bits per heavy atom. The molecule has 0 saturated carbocycles. The Bertz CT molecular complexity index is 461. The Morgan fingerprint density at radius 2 is 2.13 bits per heavy atom. The molecule has 5 heteroatoms. The van der Waals surface area contributed by atoms with E-state index in [0.29, 0.717) is 0 Å². The highest BCUT2D eigenvalue weighted by molar-refractivity contribution is 7.16. The predicted octanol–water partition coefficient (Wildman–Crippen LogP) is 1.10. The number of fused-ring (bicyclic) bond motifs is 1. The highest BCUT2D eigenvalue weighted by Crippen LogP contribution is 2.20. The fraction of sp³-hybridized carbons (Fsp3) is 0.400. The van der Waals surface area contributed by atoms with Crippen molar-refractivity contribution in [1.82, 2.24) is 15.3 Å². The molecule has 78 valence electrons. The third kappa shape index (κ3) is 1.68. The number of aromatic nitrogens is 2. The molecule has 1 fully saturated rings. The van der Waals surface area contributed by atoms with Gasteiger partial charge in [0.1, 0.15) is 16.2 Å². The number of thiazole rings is 1.